The lowest BCUT2D eigenvalue weighted by atomic mass is 9.92. The van der Waals surface area contributed by atoms with E-state index in [0.717, 1.165) is 37.0 Å². The van der Waals surface area contributed by atoms with Gasteiger partial charge in [0.15, 0.2) is 0 Å². The first kappa shape index (κ1) is 15.6. The van der Waals surface area contributed by atoms with Gasteiger partial charge in [0.25, 0.3) is 0 Å². The highest BCUT2D eigenvalue weighted by Crippen LogP contribution is 2.18. The standard InChI is InChI=1S/C17H23NO3/c1-2-21-14-10-7-13(8-11-14)9-12-17(20)18-15-5-3-4-6-16(15)19/h7-12,15-16,19H,2-6H2,1H3,(H,18,20)/b12-9+. The van der Waals surface area contributed by atoms with Crippen molar-refractivity contribution in [2.45, 2.75) is 44.8 Å². The second kappa shape index (κ2) is 7.84. The van der Waals surface area contributed by atoms with Gasteiger partial charge in [-0.2, -0.15) is 0 Å². The Morgan fingerprint density at radius 1 is 1.33 bits per heavy atom. The van der Waals surface area contributed by atoms with Crippen LogP contribution in [0.15, 0.2) is 30.3 Å². The monoisotopic (exact) mass is 289 g/mol. The molecule has 0 saturated heterocycles. The Morgan fingerprint density at radius 3 is 2.71 bits per heavy atom. The van der Waals surface area contributed by atoms with Gasteiger partial charge in [0.1, 0.15) is 5.75 Å². The predicted octanol–water partition coefficient (Wildman–Crippen LogP) is 2.52. The molecule has 2 unspecified atom stereocenters. The van der Waals surface area contributed by atoms with Gasteiger partial charge in [-0.15, -0.1) is 0 Å². The van der Waals surface area contributed by atoms with E-state index in [4.69, 9.17) is 4.74 Å². The van der Waals surface area contributed by atoms with Crippen LogP contribution < -0.4 is 10.1 Å². The second-order valence-electron chi connectivity index (χ2n) is 5.30. The van der Waals surface area contributed by atoms with Gasteiger partial charge >= 0.3 is 0 Å². The quantitative estimate of drug-likeness (QED) is 0.819. The molecule has 1 aliphatic carbocycles. The predicted molar refractivity (Wildman–Crippen MR) is 83.1 cm³/mol. The van der Waals surface area contributed by atoms with E-state index in [9.17, 15) is 9.90 Å². The third-order valence-electron chi connectivity index (χ3n) is 3.68. The zero-order chi connectivity index (χ0) is 15.1. The van der Waals surface area contributed by atoms with Crippen LogP contribution in [0.4, 0.5) is 0 Å². The molecule has 0 aliphatic heterocycles. The Labute approximate surface area is 125 Å². The zero-order valence-corrected chi connectivity index (χ0v) is 12.4. The maximum atomic E-state index is 11.9. The number of rotatable bonds is 5. The molecule has 1 aromatic carbocycles. The van der Waals surface area contributed by atoms with E-state index in [0.29, 0.717) is 6.61 Å². The summed E-state index contributed by atoms with van der Waals surface area (Å²) in [5.74, 6) is 0.666. The molecule has 0 spiro atoms. The molecule has 1 saturated carbocycles. The fourth-order valence-corrected chi connectivity index (χ4v) is 2.52. The van der Waals surface area contributed by atoms with E-state index in [1.165, 1.54) is 6.08 Å². The second-order valence-corrected chi connectivity index (χ2v) is 5.30. The minimum absolute atomic E-state index is 0.115. The summed E-state index contributed by atoms with van der Waals surface area (Å²) in [4.78, 5) is 11.9. The molecule has 1 fully saturated rings. The molecular weight excluding hydrogens is 266 g/mol. The molecule has 21 heavy (non-hydrogen) atoms. The Balaban J connectivity index is 1.86. The molecule has 0 radical (unpaired) electrons. The molecule has 1 aliphatic rings. The Kier molecular flexibility index (Phi) is 5.81. The van der Waals surface area contributed by atoms with Crippen molar-refractivity contribution < 1.29 is 14.6 Å². The van der Waals surface area contributed by atoms with Crippen molar-refractivity contribution in [2.75, 3.05) is 6.61 Å². The fraction of sp³-hybridized carbons (Fsp3) is 0.471. The molecule has 0 heterocycles. The Morgan fingerprint density at radius 2 is 2.05 bits per heavy atom. The Hall–Kier alpha value is -1.81. The van der Waals surface area contributed by atoms with Gasteiger partial charge < -0.3 is 15.2 Å². The van der Waals surface area contributed by atoms with Crippen molar-refractivity contribution in [2.24, 2.45) is 0 Å². The van der Waals surface area contributed by atoms with Crippen molar-refractivity contribution >= 4 is 12.0 Å². The summed E-state index contributed by atoms with van der Waals surface area (Å²) in [5, 5.41) is 12.7. The van der Waals surface area contributed by atoms with Crippen LogP contribution in [0.1, 0.15) is 38.2 Å². The van der Waals surface area contributed by atoms with E-state index in [1.54, 1.807) is 6.08 Å². The topological polar surface area (TPSA) is 58.6 Å². The molecule has 2 N–H and O–H groups in total. The molecular formula is C17H23NO3. The smallest absolute Gasteiger partial charge is 0.244 e. The molecule has 2 rings (SSSR count). The lowest BCUT2D eigenvalue weighted by Gasteiger charge is -2.27. The molecule has 1 aromatic rings. The third-order valence-corrected chi connectivity index (χ3v) is 3.68. The number of hydrogen-bond acceptors (Lipinski definition) is 3. The van der Waals surface area contributed by atoms with Crippen LogP contribution in [0, 0.1) is 0 Å². The van der Waals surface area contributed by atoms with Crippen LogP contribution in [-0.2, 0) is 4.79 Å². The molecule has 4 nitrogen and oxygen atoms in total. The van der Waals surface area contributed by atoms with Crippen molar-refractivity contribution in [3.63, 3.8) is 0 Å². The molecule has 4 heteroatoms. The summed E-state index contributed by atoms with van der Waals surface area (Å²) in [7, 11) is 0. The highest BCUT2D eigenvalue weighted by atomic mass is 16.5. The first-order chi connectivity index (χ1) is 10.2. The summed E-state index contributed by atoms with van der Waals surface area (Å²) >= 11 is 0. The van der Waals surface area contributed by atoms with Gasteiger partial charge in [-0.05, 0) is 43.5 Å². The summed E-state index contributed by atoms with van der Waals surface area (Å²) in [5.41, 5.74) is 0.942. The highest BCUT2D eigenvalue weighted by molar-refractivity contribution is 5.91. The number of carbonyl (C=O) groups excluding carboxylic acids is 1. The molecule has 114 valence electrons. The number of amides is 1. The van der Waals surface area contributed by atoms with Crippen LogP contribution >= 0.6 is 0 Å². The summed E-state index contributed by atoms with van der Waals surface area (Å²) < 4.78 is 5.37. The number of aliphatic hydroxyl groups excluding tert-OH is 1. The molecule has 0 aromatic heterocycles. The fourth-order valence-electron chi connectivity index (χ4n) is 2.52. The number of carbonyl (C=O) groups is 1. The van der Waals surface area contributed by atoms with Crippen LogP contribution in [0.25, 0.3) is 6.08 Å². The molecule has 0 bridgehead atoms. The van der Waals surface area contributed by atoms with Crippen molar-refractivity contribution in [1.29, 1.82) is 0 Å². The average Bonchev–Trinajstić information content (AvgIpc) is 2.49. The van der Waals surface area contributed by atoms with E-state index in [-0.39, 0.29) is 11.9 Å². The van der Waals surface area contributed by atoms with E-state index < -0.39 is 6.10 Å². The van der Waals surface area contributed by atoms with Gasteiger partial charge in [-0.1, -0.05) is 25.0 Å². The van der Waals surface area contributed by atoms with E-state index in [1.807, 2.05) is 31.2 Å². The SMILES string of the molecule is CCOc1ccc(/C=C/C(=O)NC2CCCCC2O)cc1. The lowest BCUT2D eigenvalue weighted by molar-refractivity contribution is -0.118. The van der Waals surface area contributed by atoms with E-state index >= 15 is 0 Å². The number of ether oxygens (including phenoxy) is 1. The Bertz CT molecular complexity index is 481. The van der Waals surface area contributed by atoms with Gasteiger partial charge in [0.05, 0.1) is 18.8 Å². The van der Waals surface area contributed by atoms with Crippen molar-refractivity contribution in [1.82, 2.24) is 5.32 Å². The summed E-state index contributed by atoms with van der Waals surface area (Å²) in [6.45, 7) is 2.58. The van der Waals surface area contributed by atoms with Crippen molar-refractivity contribution in [3.05, 3.63) is 35.9 Å². The van der Waals surface area contributed by atoms with Crippen LogP contribution in [0.5, 0.6) is 5.75 Å². The maximum absolute atomic E-state index is 11.9. The minimum Gasteiger partial charge on any atom is -0.494 e. The number of hydrogen-bond donors (Lipinski definition) is 2. The van der Waals surface area contributed by atoms with Crippen molar-refractivity contribution in [3.8, 4) is 5.75 Å². The molecule has 1 amide bonds. The van der Waals surface area contributed by atoms with Gasteiger partial charge in [-0.3, -0.25) is 4.79 Å². The van der Waals surface area contributed by atoms with Crippen LogP contribution in [-0.4, -0.2) is 29.8 Å². The molecule has 2 atom stereocenters. The highest BCUT2D eigenvalue weighted by Gasteiger charge is 2.23. The first-order valence-corrected chi connectivity index (χ1v) is 7.58. The minimum atomic E-state index is -0.415. The first-order valence-electron chi connectivity index (χ1n) is 7.58. The van der Waals surface area contributed by atoms with Gasteiger partial charge in [0.2, 0.25) is 5.91 Å². The van der Waals surface area contributed by atoms with Gasteiger partial charge in [0, 0.05) is 6.08 Å². The number of nitrogens with one attached hydrogen (secondary N) is 1. The lowest BCUT2D eigenvalue weighted by Crippen LogP contribution is -2.44. The third kappa shape index (κ3) is 4.90. The summed E-state index contributed by atoms with van der Waals surface area (Å²) in [6, 6.07) is 7.46. The van der Waals surface area contributed by atoms with E-state index in [2.05, 4.69) is 5.32 Å². The van der Waals surface area contributed by atoms with Crippen LogP contribution in [0.2, 0.25) is 0 Å². The zero-order valence-electron chi connectivity index (χ0n) is 12.4. The average molecular weight is 289 g/mol. The maximum Gasteiger partial charge on any atom is 0.244 e. The normalized spacial score (nSPS) is 22.2. The number of aliphatic hydroxyl groups is 1. The van der Waals surface area contributed by atoms with Gasteiger partial charge in [-0.25, -0.2) is 0 Å². The number of benzene rings is 1. The largest absolute Gasteiger partial charge is 0.494 e. The summed E-state index contributed by atoms with van der Waals surface area (Å²) in [6.07, 6.45) is 6.58. The van der Waals surface area contributed by atoms with Crippen LogP contribution in [0.3, 0.4) is 0 Å².